The molecule has 3 aromatic rings. The van der Waals surface area contributed by atoms with Gasteiger partial charge in [-0.3, -0.25) is 24.3 Å². The van der Waals surface area contributed by atoms with Crippen molar-refractivity contribution in [1.29, 1.82) is 0 Å². The molecule has 0 radical (unpaired) electrons. The summed E-state index contributed by atoms with van der Waals surface area (Å²) in [5, 5.41) is 19.2. The second-order valence-corrected chi connectivity index (χ2v) is 6.98. The first-order chi connectivity index (χ1) is 13.8. The maximum Gasteiger partial charge on any atom is 0.307 e. The lowest BCUT2D eigenvalue weighted by molar-refractivity contribution is -0.385. The summed E-state index contributed by atoms with van der Waals surface area (Å²) in [6, 6.07) is 7.20. The molecule has 0 aliphatic heterocycles. The molecule has 0 unspecified atom stereocenters. The van der Waals surface area contributed by atoms with Crippen molar-refractivity contribution in [3.63, 3.8) is 0 Å². The van der Waals surface area contributed by atoms with Gasteiger partial charge in [-0.15, -0.1) is 0 Å². The van der Waals surface area contributed by atoms with Gasteiger partial charge in [-0.2, -0.15) is 10.2 Å². The molecule has 3 rings (SSSR count). The van der Waals surface area contributed by atoms with Crippen molar-refractivity contribution < 1.29 is 9.72 Å². The van der Waals surface area contributed by atoms with Gasteiger partial charge in [0.1, 0.15) is 12.4 Å². The molecule has 0 spiro atoms. The van der Waals surface area contributed by atoms with Crippen LogP contribution in [0.4, 0.5) is 5.69 Å². The summed E-state index contributed by atoms with van der Waals surface area (Å²) in [6.45, 7) is 7.71. The van der Waals surface area contributed by atoms with Gasteiger partial charge in [-0.05, 0) is 38.5 Å². The minimum absolute atomic E-state index is 0.0459. The van der Waals surface area contributed by atoms with Crippen LogP contribution < -0.4 is 0 Å². The van der Waals surface area contributed by atoms with Crippen molar-refractivity contribution in [2.24, 2.45) is 0 Å². The summed E-state index contributed by atoms with van der Waals surface area (Å²) in [5.41, 5.74) is 4.52. The summed E-state index contributed by atoms with van der Waals surface area (Å²) in [6.07, 6.45) is 2.60. The van der Waals surface area contributed by atoms with Crippen molar-refractivity contribution >= 4 is 11.6 Å². The molecule has 2 aromatic heterocycles. The van der Waals surface area contributed by atoms with E-state index in [1.165, 1.54) is 17.1 Å². The zero-order valence-corrected chi connectivity index (χ0v) is 17.0. The number of carbonyl (C=O) groups is 1. The molecule has 2 heterocycles. The largest absolute Gasteiger partial charge is 0.337 e. The van der Waals surface area contributed by atoms with Crippen LogP contribution in [-0.2, 0) is 19.6 Å². The molecule has 0 aliphatic rings. The average molecular weight is 396 g/mol. The van der Waals surface area contributed by atoms with Crippen LogP contribution in [0.3, 0.4) is 0 Å². The third kappa shape index (κ3) is 4.34. The number of benzene rings is 1. The van der Waals surface area contributed by atoms with Gasteiger partial charge in [0.05, 0.1) is 17.2 Å². The maximum atomic E-state index is 12.8. The molecular formula is C20H24N6O3. The molecule has 0 atom stereocenters. The van der Waals surface area contributed by atoms with Gasteiger partial charge in [-0.25, -0.2) is 0 Å². The van der Waals surface area contributed by atoms with Gasteiger partial charge >= 0.3 is 5.69 Å². The molecule has 0 fully saturated rings. The molecule has 0 bridgehead atoms. The van der Waals surface area contributed by atoms with Crippen LogP contribution in [0.25, 0.3) is 0 Å². The summed E-state index contributed by atoms with van der Waals surface area (Å²) < 4.78 is 3.44. The number of hydrogen-bond acceptors (Lipinski definition) is 5. The zero-order chi connectivity index (χ0) is 21.1. The maximum absolute atomic E-state index is 12.8. The highest BCUT2D eigenvalue weighted by Gasteiger charge is 2.17. The fraction of sp³-hybridized carbons (Fsp3) is 0.350. The number of amides is 1. The van der Waals surface area contributed by atoms with E-state index >= 15 is 0 Å². The Hall–Kier alpha value is -3.49. The fourth-order valence-corrected chi connectivity index (χ4v) is 3.27. The van der Waals surface area contributed by atoms with Crippen LogP contribution in [0.2, 0.25) is 0 Å². The predicted octanol–water partition coefficient (Wildman–Crippen LogP) is 2.95. The molecule has 0 aliphatic carbocycles. The van der Waals surface area contributed by atoms with Gasteiger partial charge in [0.15, 0.2) is 0 Å². The van der Waals surface area contributed by atoms with Gasteiger partial charge in [-0.1, -0.05) is 12.1 Å². The molecule has 1 amide bonds. The first-order valence-electron chi connectivity index (χ1n) is 9.34. The number of aromatic nitrogens is 4. The van der Waals surface area contributed by atoms with Crippen LogP contribution in [0.5, 0.6) is 0 Å². The van der Waals surface area contributed by atoms with Crippen LogP contribution in [-0.4, -0.2) is 42.3 Å². The highest BCUT2D eigenvalue weighted by atomic mass is 16.6. The van der Waals surface area contributed by atoms with Crippen molar-refractivity contribution in [2.75, 3.05) is 7.05 Å². The van der Waals surface area contributed by atoms with Crippen LogP contribution in [0, 0.1) is 24.0 Å². The molecule has 9 heteroatoms. The third-order valence-electron chi connectivity index (χ3n) is 4.95. The Morgan fingerprint density at radius 2 is 1.93 bits per heavy atom. The van der Waals surface area contributed by atoms with E-state index in [1.54, 1.807) is 24.1 Å². The minimum atomic E-state index is -0.477. The number of hydrogen-bond donors (Lipinski definition) is 0. The van der Waals surface area contributed by atoms with Crippen molar-refractivity contribution in [3.05, 3.63) is 74.9 Å². The van der Waals surface area contributed by atoms with Crippen molar-refractivity contribution in [1.82, 2.24) is 24.5 Å². The monoisotopic (exact) mass is 396 g/mol. The lowest BCUT2D eigenvalue weighted by Crippen LogP contribution is -2.26. The fourth-order valence-electron chi connectivity index (χ4n) is 3.27. The highest BCUT2D eigenvalue weighted by molar-refractivity contribution is 5.94. The Bertz CT molecular complexity index is 1040. The molecule has 0 N–H and O–H groups in total. The molecule has 9 nitrogen and oxygen atoms in total. The Balaban J connectivity index is 1.68. The molecule has 0 saturated carbocycles. The van der Waals surface area contributed by atoms with E-state index in [9.17, 15) is 14.9 Å². The smallest absolute Gasteiger partial charge is 0.307 e. The Labute approximate surface area is 168 Å². The Morgan fingerprint density at radius 1 is 1.24 bits per heavy atom. The normalized spacial score (nSPS) is 10.9. The lowest BCUT2D eigenvalue weighted by atomic mass is 10.1. The van der Waals surface area contributed by atoms with Crippen LogP contribution in [0.15, 0.2) is 36.7 Å². The van der Waals surface area contributed by atoms with E-state index in [4.69, 9.17) is 0 Å². The van der Waals surface area contributed by atoms with Crippen LogP contribution >= 0.6 is 0 Å². The molecule has 1 aromatic carbocycles. The van der Waals surface area contributed by atoms with Gasteiger partial charge in [0, 0.05) is 37.0 Å². The zero-order valence-electron chi connectivity index (χ0n) is 17.0. The number of carbonyl (C=O) groups excluding carboxylic acids is 1. The van der Waals surface area contributed by atoms with E-state index in [0.717, 1.165) is 29.1 Å². The Morgan fingerprint density at radius 3 is 2.48 bits per heavy atom. The standard InChI is InChI=1S/C20H24N6O3/c1-5-25-15(3)19(14(2)22-25)13-23(4)20(27)17-8-6-16(7-9-17)11-24-12-18(10-21-24)26(28)29/h6-10,12H,5,11,13H2,1-4H3. The predicted molar refractivity (Wildman–Crippen MR) is 108 cm³/mol. The third-order valence-corrected chi connectivity index (χ3v) is 4.95. The number of rotatable bonds is 7. The van der Waals surface area contributed by atoms with E-state index in [0.29, 0.717) is 18.7 Å². The quantitative estimate of drug-likeness (QED) is 0.452. The average Bonchev–Trinajstić information content (AvgIpc) is 3.27. The van der Waals surface area contributed by atoms with Gasteiger partial charge in [0.25, 0.3) is 5.91 Å². The first-order valence-corrected chi connectivity index (χ1v) is 9.34. The van der Waals surface area contributed by atoms with Gasteiger partial charge in [0.2, 0.25) is 0 Å². The minimum Gasteiger partial charge on any atom is -0.337 e. The SMILES string of the molecule is CCn1nc(C)c(CN(C)C(=O)c2ccc(Cn3cc([N+](=O)[O-])cn3)cc2)c1C. The second-order valence-electron chi connectivity index (χ2n) is 6.98. The topological polar surface area (TPSA) is 99.1 Å². The van der Waals surface area contributed by atoms with Crippen molar-refractivity contribution in [2.45, 2.75) is 40.4 Å². The van der Waals surface area contributed by atoms with E-state index in [2.05, 4.69) is 10.2 Å². The second kappa shape index (κ2) is 8.26. The molecule has 29 heavy (non-hydrogen) atoms. The summed E-state index contributed by atoms with van der Waals surface area (Å²) in [5.74, 6) is -0.0747. The van der Waals surface area contributed by atoms with E-state index in [1.807, 2.05) is 37.6 Å². The summed E-state index contributed by atoms with van der Waals surface area (Å²) in [4.78, 5) is 24.8. The summed E-state index contributed by atoms with van der Waals surface area (Å²) in [7, 11) is 1.78. The highest BCUT2D eigenvalue weighted by Crippen LogP contribution is 2.17. The van der Waals surface area contributed by atoms with E-state index in [-0.39, 0.29) is 11.6 Å². The van der Waals surface area contributed by atoms with E-state index < -0.39 is 4.92 Å². The van der Waals surface area contributed by atoms with Crippen molar-refractivity contribution in [3.8, 4) is 0 Å². The Kier molecular flexibility index (Phi) is 5.76. The first kappa shape index (κ1) is 20.2. The number of nitrogens with zero attached hydrogens (tertiary/aromatic N) is 6. The number of aryl methyl sites for hydroxylation is 2. The number of nitro groups is 1. The van der Waals surface area contributed by atoms with Crippen LogP contribution in [0.1, 0.15) is 39.8 Å². The van der Waals surface area contributed by atoms with Gasteiger partial charge < -0.3 is 4.90 Å². The molecule has 152 valence electrons. The molecule has 0 saturated heterocycles. The molecular weight excluding hydrogens is 372 g/mol. The lowest BCUT2D eigenvalue weighted by Gasteiger charge is -2.18. The summed E-state index contributed by atoms with van der Waals surface area (Å²) >= 11 is 0.